The number of benzene rings is 1. The Morgan fingerprint density at radius 2 is 1.76 bits per heavy atom. The molecule has 0 saturated heterocycles. The molecule has 1 rings (SSSR count). The fraction of sp³-hybridized carbons (Fsp3) is 0.538. The van der Waals surface area contributed by atoms with Crippen LogP contribution in [0, 0.1) is 0 Å². The van der Waals surface area contributed by atoms with Crippen molar-refractivity contribution in [2.24, 2.45) is 0 Å². The summed E-state index contributed by atoms with van der Waals surface area (Å²) in [6.07, 6.45) is -0.872. The van der Waals surface area contributed by atoms with Crippen LogP contribution < -0.4 is 4.72 Å². The first-order valence-electron chi connectivity index (χ1n) is 6.50. The lowest BCUT2D eigenvalue weighted by molar-refractivity contribution is -0.137. The van der Waals surface area contributed by atoms with Crippen molar-refractivity contribution in [1.82, 2.24) is 4.72 Å². The van der Waals surface area contributed by atoms with E-state index in [1.165, 1.54) is 0 Å². The van der Waals surface area contributed by atoms with Crippen LogP contribution in [0.3, 0.4) is 0 Å². The third-order valence-corrected chi connectivity index (χ3v) is 5.05. The van der Waals surface area contributed by atoms with Crippen LogP contribution in [-0.4, -0.2) is 19.4 Å². The van der Waals surface area contributed by atoms with Crippen LogP contribution in [0.15, 0.2) is 29.2 Å². The summed E-state index contributed by atoms with van der Waals surface area (Å²) in [6, 6.07) is 3.76. The van der Waals surface area contributed by atoms with Gasteiger partial charge in [-0.05, 0) is 35.5 Å². The third kappa shape index (κ3) is 6.52. The van der Waals surface area contributed by atoms with Crippen molar-refractivity contribution >= 4 is 32.6 Å². The van der Waals surface area contributed by atoms with Gasteiger partial charge < -0.3 is 0 Å². The Balaban J connectivity index is 2.62. The minimum atomic E-state index is -4.55. The van der Waals surface area contributed by atoms with E-state index in [-0.39, 0.29) is 11.4 Å². The highest BCUT2D eigenvalue weighted by molar-refractivity contribution is 14.1. The molecule has 0 unspecified atom stereocenters. The van der Waals surface area contributed by atoms with Crippen molar-refractivity contribution in [1.29, 1.82) is 0 Å². The number of sulfonamides is 1. The zero-order valence-electron chi connectivity index (χ0n) is 11.3. The van der Waals surface area contributed by atoms with E-state index >= 15 is 0 Å². The van der Waals surface area contributed by atoms with Crippen LogP contribution in [0.5, 0.6) is 0 Å². The lowest BCUT2D eigenvalue weighted by Gasteiger charge is -2.10. The van der Waals surface area contributed by atoms with Crippen molar-refractivity contribution in [3.63, 3.8) is 0 Å². The second-order valence-corrected chi connectivity index (χ2v) is 7.37. The molecule has 0 radical (unpaired) electrons. The molecule has 1 N–H and O–H groups in total. The lowest BCUT2D eigenvalue weighted by atomic mass is 10.2. The summed E-state index contributed by atoms with van der Waals surface area (Å²) < 4.78 is 64.9. The molecule has 21 heavy (non-hydrogen) atoms. The van der Waals surface area contributed by atoms with Gasteiger partial charge in [0, 0.05) is 6.54 Å². The van der Waals surface area contributed by atoms with Crippen molar-refractivity contribution in [3.8, 4) is 0 Å². The molecule has 120 valence electrons. The number of alkyl halides is 4. The molecule has 0 aromatic heterocycles. The average Bonchev–Trinajstić information content (AvgIpc) is 2.42. The van der Waals surface area contributed by atoms with Crippen LogP contribution in [0.4, 0.5) is 13.2 Å². The molecular formula is C13H17F3INO2S. The molecule has 3 nitrogen and oxygen atoms in total. The summed E-state index contributed by atoms with van der Waals surface area (Å²) >= 11 is 2.27. The maximum Gasteiger partial charge on any atom is 0.416 e. The Hall–Kier alpha value is -0.350. The van der Waals surface area contributed by atoms with Crippen LogP contribution in [0.2, 0.25) is 0 Å². The fourth-order valence-electron chi connectivity index (χ4n) is 1.70. The molecule has 0 saturated carbocycles. The second kappa shape index (κ2) is 8.33. The van der Waals surface area contributed by atoms with Gasteiger partial charge in [0.05, 0.1) is 10.5 Å². The number of rotatable bonds is 8. The molecule has 0 atom stereocenters. The van der Waals surface area contributed by atoms with Crippen LogP contribution in [0.25, 0.3) is 0 Å². The van der Waals surface area contributed by atoms with Gasteiger partial charge in [-0.1, -0.05) is 41.5 Å². The Morgan fingerprint density at radius 1 is 1.10 bits per heavy atom. The largest absolute Gasteiger partial charge is 0.416 e. The molecule has 0 aliphatic rings. The predicted octanol–water partition coefficient (Wildman–Crippen LogP) is 3.98. The van der Waals surface area contributed by atoms with Gasteiger partial charge in [0.25, 0.3) is 0 Å². The van der Waals surface area contributed by atoms with Gasteiger partial charge in [0.1, 0.15) is 0 Å². The van der Waals surface area contributed by atoms with Gasteiger partial charge in [-0.2, -0.15) is 13.2 Å². The fourth-order valence-corrected chi connectivity index (χ4v) is 3.36. The van der Waals surface area contributed by atoms with E-state index in [0.717, 1.165) is 41.9 Å². The minimum absolute atomic E-state index is 0.236. The smallest absolute Gasteiger partial charge is 0.211 e. The van der Waals surface area contributed by atoms with Crippen LogP contribution in [-0.2, 0) is 16.2 Å². The van der Waals surface area contributed by atoms with E-state index in [1.807, 2.05) is 0 Å². The number of hydrogen-bond donors (Lipinski definition) is 1. The summed E-state index contributed by atoms with van der Waals surface area (Å²) in [5.41, 5.74) is -0.965. The highest BCUT2D eigenvalue weighted by Crippen LogP contribution is 2.30. The normalized spacial score (nSPS) is 12.6. The van der Waals surface area contributed by atoms with Gasteiger partial charge >= 0.3 is 6.18 Å². The van der Waals surface area contributed by atoms with Crippen molar-refractivity contribution in [2.45, 2.75) is 36.8 Å². The molecule has 8 heteroatoms. The van der Waals surface area contributed by atoms with Crippen LogP contribution in [0.1, 0.15) is 31.2 Å². The number of halogens is 4. The number of hydrogen-bond acceptors (Lipinski definition) is 2. The van der Waals surface area contributed by atoms with E-state index in [9.17, 15) is 21.6 Å². The molecule has 1 aromatic carbocycles. The lowest BCUT2D eigenvalue weighted by Crippen LogP contribution is -2.25. The van der Waals surface area contributed by atoms with E-state index in [4.69, 9.17) is 0 Å². The minimum Gasteiger partial charge on any atom is -0.211 e. The highest BCUT2D eigenvalue weighted by Gasteiger charge is 2.31. The molecule has 0 aliphatic heterocycles. The average molecular weight is 435 g/mol. The van der Waals surface area contributed by atoms with Gasteiger partial charge in [0.2, 0.25) is 10.0 Å². The maximum absolute atomic E-state index is 12.6. The molecule has 0 bridgehead atoms. The van der Waals surface area contributed by atoms with E-state index < -0.39 is 21.8 Å². The van der Waals surface area contributed by atoms with Crippen molar-refractivity contribution in [3.05, 3.63) is 29.8 Å². The zero-order chi connectivity index (χ0) is 15.9. The number of unbranched alkanes of at least 4 members (excludes halogenated alkanes) is 3. The summed E-state index contributed by atoms with van der Waals surface area (Å²) in [5, 5.41) is 0. The van der Waals surface area contributed by atoms with Gasteiger partial charge in [-0.3, -0.25) is 0 Å². The maximum atomic E-state index is 12.6. The number of nitrogens with one attached hydrogen (secondary N) is 1. The quantitative estimate of drug-likeness (QED) is 0.382. The molecule has 0 spiro atoms. The van der Waals surface area contributed by atoms with Crippen LogP contribution >= 0.6 is 22.6 Å². The standard InChI is InChI=1S/C13H17F3INO2S/c14-13(15,16)11-6-5-7-12(10-11)21(19,20)18-9-4-2-1-3-8-17/h5-7,10,18H,1-4,8-9H2. The molecule has 1 aromatic rings. The molecular weight excluding hydrogens is 418 g/mol. The molecule has 0 fully saturated rings. The van der Waals surface area contributed by atoms with Crippen molar-refractivity contribution < 1.29 is 21.6 Å². The Morgan fingerprint density at radius 3 is 2.38 bits per heavy atom. The second-order valence-electron chi connectivity index (χ2n) is 4.53. The van der Waals surface area contributed by atoms with Crippen molar-refractivity contribution in [2.75, 3.05) is 11.0 Å². The Bertz CT molecular complexity index is 547. The van der Waals surface area contributed by atoms with E-state index in [1.54, 1.807) is 0 Å². The topological polar surface area (TPSA) is 46.2 Å². The van der Waals surface area contributed by atoms with E-state index in [0.29, 0.717) is 12.5 Å². The monoisotopic (exact) mass is 435 g/mol. The Kier molecular flexibility index (Phi) is 7.41. The summed E-state index contributed by atoms with van der Waals surface area (Å²) in [6.45, 7) is 0.236. The first-order valence-corrected chi connectivity index (χ1v) is 9.51. The SMILES string of the molecule is O=S(=O)(NCCCCCCI)c1cccc(C(F)(F)F)c1. The zero-order valence-corrected chi connectivity index (χ0v) is 14.3. The molecule has 0 amide bonds. The summed E-state index contributed by atoms with van der Waals surface area (Å²) in [7, 11) is -3.89. The predicted molar refractivity (Wildman–Crippen MR) is 84.0 cm³/mol. The summed E-state index contributed by atoms with van der Waals surface area (Å²) in [5.74, 6) is 0. The van der Waals surface area contributed by atoms with Gasteiger partial charge in [-0.15, -0.1) is 0 Å². The third-order valence-electron chi connectivity index (χ3n) is 2.82. The Labute approximate surface area is 136 Å². The first kappa shape index (κ1) is 18.7. The summed E-state index contributed by atoms with van der Waals surface area (Å²) in [4.78, 5) is -0.357. The van der Waals surface area contributed by atoms with Gasteiger partial charge in [-0.25, -0.2) is 13.1 Å². The van der Waals surface area contributed by atoms with Gasteiger partial charge in [0.15, 0.2) is 0 Å². The first-order chi connectivity index (χ1) is 9.77. The highest BCUT2D eigenvalue weighted by atomic mass is 127. The molecule has 0 aliphatic carbocycles. The molecule has 0 heterocycles. The van der Waals surface area contributed by atoms with E-state index in [2.05, 4.69) is 27.3 Å².